The van der Waals surface area contributed by atoms with Crippen LogP contribution < -0.4 is 16.0 Å². The molecule has 0 aromatic heterocycles. The van der Waals surface area contributed by atoms with E-state index in [1.165, 1.54) is 6.07 Å². The number of piperidine rings is 1. The minimum Gasteiger partial charge on any atom is -0.369 e. The third-order valence-corrected chi connectivity index (χ3v) is 4.99. The normalized spacial score (nSPS) is 17.1. The molecule has 7 heteroatoms. The lowest BCUT2D eigenvalue weighted by Gasteiger charge is -2.36. The SMILES string of the molecule is Cc1ccc(C(N)C(=O)NC2CCCN(c3ccc(F)cc3C)C2)cc1.Cl.Cl. The van der Waals surface area contributed by atoms with Gasteiger partial charge in [0.1, 0.15) is 11.9 Å². The van der Waals surface area contributed by atoms with Crippen LogP contribution in [-0.4, -0.2) is 25.0 Å². The molecular weight excluding hydrogens is 400 g/mol. The van der Waals surface area contributed by atoms with Gasteiger partial charge in [-0.05, 0) is 56.0 Å². The Morgan fingerprint density at radius 1 is 1.18 bits per heavy atom. The van der Waals surface area contributed by atoms with E-state index in [1.54, 1.807) is 6.07 Å². The first-order valence-electron chi connectivity index (χ1n) is 9.07. The fourth-order valence-electron chi connectivity index (χ4n) is 3.50. The van der Waals surface area contributed by atoms with Gasteiger partial charge in [0.2, 0.25) is 5.91 Å². The first kappa shape index (κ1) is 24.2. The van der Waals surface area contributed by atoms with Gasteiger partial charge in [-0.2, -0.15) is 0 Å². The standard InChI is InChI=1S/C21H26FN3O.2ClH/c1-14-5-7-16(8-6-14)20(23)21(26)24-18-4-3-11-25(13-18)19-10-9-17(22)12-15(19)2;;/h5-10,12,18,20H,3-4,11,13,23H2,1-2H3,(H,24,26);2*1H. The van der Waals surface area contributed by atoms with Gasteiger partial charge in [0.15, 0.2) is 0 Å². The summed E-state index contributed by atoms with van der Waals surface area (Å²) in [6, 6.07) is 11.9. The van der Waals surface area contributed by atoms with Crippen LogP contribution in [0.25, 0.3) is 0 Å². The highest BCUT2D eigenvalue weighted by Gasteiger charge is 2.25. The molecule has 0 bridgehead atoms. The van der Waals surface area contributed by atoms with E-state index in [0.717, 1.165) is 41.8 Å². The quantitative estimate of drug-likeness (QED) is 0.772. The highest BCUT2D eigenvalue weighted by Crippen LogP contribution is 2.24. The molecule has 2 unspecified atom stereocenters. The van der Waals surface area contributed by atoms with Crippen molar-refractivity contribution in [2.45, 2.75) is 38.8 Å². The summed E-state index contributed by atoms with van der Waals surface area (Å²) < 4.78 is 13.3. The largest absolute Gasteiger partial charge is 0.369 e. The van der Waals surface area contributed by atoms with Gasteiger partial charge in [0, 0.05) is 24.8 Å². The Hall–Kier alpha value is -1.82. The van der Waals surface area contributed by atoms with Crippen LogP contribution in [0, 0.1) is 19.7 Å². The molecule has 0 radical (unpaired) electrons. The number of anilines is 1. The Balaban J connectivity index is 0.00000196. The first-order chi connectivity index (χ1) is 12.4. The molecular formula is C21H28Cl2FN3O. The van der Waals surface area contributed by atoms with Gasteiger partial charge in [-0.1, -0.05) is 29.8 Å². The summed E-state index contributed by atoms with van der Waals surface area (Å²) in [6.45, 7) is 5.53. The molecule has 2 aromatic carbocycles. The van der Waals surface area contributed by atoms with Crippen molar-refractivity contribution in [1.29, 1.82) is 0 Å². The van der Waals surface area contributed by atoms with E-state index in [-0.39, 0.29) is 42.6 Å². The zero-order chi connectivity index (χ0) is 18.7. The maximum atomic E-state index is 13.3. The van der Waals surface area contributed by atoms with Gasteiger partial charge >= 0.3 is 0 Å². The van der Waals surface area contributed by atoms with Crippen LogP contribution in [0.1, 0.15) is 35.6 Å². The highest BCUT2D eigenvalue weighted by atomic mass is 35.5. The number of rotatable bonds is 4. The average molecular weight is 428 g/mol. The van der Waals surface area contributed by atoms with Gasteiger partial charge in [-0.3, -0.25) is 4.79 Å². The molecule has 3 N–H and O–H groups in total. The summed E-state index contributed by atoms with van der Waals surface area (Å²) in [4.78, 5) is 14.8. The lowest BCUT2D eigenvalue weighted by atomic mass is 10.0. The van der Waals surface area contributed by atoms with Crippen molar-refractivity contribution < 1.29 is 9.18 Å². The maximum absolute atomic E-state index is 13.3. The molecule has 1 amide bonds. The van der Waals surface area contributed by atoms with Crippen molar-refractivity contribution in [3.8, 4) is 0 Å². The fourth-order valence-corrected chi connectivity index (χ4v) is 3.50. The Bertz CT molecular complexity index is 786. The lowest BCUT2D eigenvalue weighted by Crippen LogP contribution is -2.50. The molecule has 4 nitrogen and oxygen atoms in total. The second kappa shape index (κ2) is 10.6. The topological polar surface area (TPSA) is 58.4 Å². The first-order valence-corrected chi connectivity index (χ1v) is 9.07. The number of carbonyl (C=O) groups is 1. The zero-order valence-electron chi connectivity index (χ0n) is 16.2. The van der Waals surface area contributed by atoms with Crippen LogP contribution >= 0.6 is 24.8 Å². The van der Waals surface area contributed by atoms with Crippen LogP contribution in [0.4, 0.5) is 10.1 Å². The summed E-state index contributed by atoms with van der Waals surface area (Å²) >= 11 is 0. The lowest BCUT2D eigenvalue weighted by molar-refractivity contribution is -0.123. The van der Waals surface area contributed by atoms with E-state index >= 15 is 0 Å². The molecule has 0 saturated carbocycles. The molecule has 2 aromatic rings. The molecule has 0 spiro atoms. The second-order valence-electron chi connectivity index (χ2n) is 7.11. The molecule has 28 heavy (non-hydrogen) atoms. The van der Waals surface area contributed by atoms with Crippen LogP contribution in [0.5, 0.6) is 0 Å². The van der Waals surface area contributed by atoms with E-state index in [4.69, 9.17) is 5.73 Å². The average Bonchev–Trinajstić information content (AvgIpc) is 2.62. The van der Waals surface area contributed by atoms with Crippen molar-refractivity contribution in [2.75, 3.05) is 18.0 Å². The molecule has 1 aliphatic rings. The molecule has 2 atom stereocenters. The Morgan fingerprint density at radius 2 is 1.86 bits per heavy atom. The third-order valence-electron chi connectivity index (χ3n) is 4.99. The number of carbonyl (C=O) groups excluding carboxylic acids is 1. The third kappa shape index (κ3) is 5.84. The van der Waals surface area contributed by atoms with Gasteiger partial charge in [0.05, 0.1) is 0 Å². The Morgan fingerprint density at radius 3 is 2.50 bits per heavy atom. The minimum absolute atomic E-state index is 0. The number of nitrogens with zero attached hydrogens (tertiary/aromatic N) is 1. The number of hydrogen-bond acceptors (Lipinski definition) is 3. The fraction of sp³-hybridized carbons (Fsp3) is 0.381. The smallest absolute Gasteiger partial charge is 0.241 e. The zero-order valence-corrected chi connectivity index (χ0v) is 17.8. The highest BCUT2D eigenvalue weighted by molar-refractivity contribution is 5.85. The number of nitrogens with one attached hydrogen (secondary N) is 1. The van der Waals surface area contributed by atoms with Crippen molar-refractivity contribution >= 4 is 36.4 Å². The van der Waals surface area contributed by atoms with Gasteiger partial charge in [-0.15, -0.1) is 24.8 Å². The summed E-state index contributed by atoms with van der Waals surface area (Å²) in [5, 5.41) is 3.08. The number of amides is 1. The maximum Gasteiger partial charge on any atom is 0.241 e. The van der Waals surface area contributed by atoms with E-state index in [9.17, 15) is 9.18 Å². The number of aryl methyl sites for hydroxylation is 2. The number of halogens is 3. The van der Waals surface area contributed by atoms with E-state index in [2.05, 4.69) is 10.2 Å². The number of hydrogen-bond donors (Lipinski definition) is 2. The Labute approximate surface area is 178 Å². The minimum atomic E-state index is -0.668. The van der Waals surface area contributed by atoms with E-state index in [0.29, 0.717) is 6.54 Å². The summed E-state index contributed by atoms with van der Waals surface area (Å²) in [5.41, 5.74) is 10.0. The number of benzene rings is 2. The van der Waals surface area contributed by atoms with Crippen LogP contribution in [0.3, 0.4) is 0 Å². The van der Waals surface area contributed by atoms with Crippen LogP contribution in [-0.2, 0) is 4.79 Å². The van der Waals surface area contributed by atoms with Gasteiger partial charge in [-0.25, -0.2) is 4.39 Å². The van der Waals surface area contributed by atoms with Crippen molar-refractivity contribution in [2.24, 2.45) is 5.73 Å². The monoisotopic (exact) mass is 427 g/mol. The van der Waals surface area contributed by atoms with Crippen molar-refractivity contribution in [3.63, 3.8) is 0 Å². The predicted molar refractivity (Wildman–Crippen MR) is 117 cm³/mol. The number of nitrogens with two attached hydrogens (primary N) is 1. The van der Waals surface area contributed by atoms with Crippen molar-refractivity contribution in [3.05, 3.63) is 65.0 Å². The van der Waals surface area contributed by atoms with Crippen LogP contribution in [0.2, 0.25) is 0 Å². The summed E-state index contributed by atoms with van der Waals surface area (Å²) in [7, 11) is 0. The molecule has 1 fully saturated rings. The summed E-state index contributed by atoms with van der Waals surface area (Å²) in [6.07, 6.45) is 1.89. The molecule has 1 saturated heterocycles. The van der Waals surface area contributed by atoms with E-state index < -0.39 is 6.04 Å². The molecule has 1 aliphatic heterocycles. The Kier molecular flexibility index (Phi) is 9.21. The molecule has 154 valence electrons. The van der Waals surface area contributed by atoms with Crippen molar-refractivity contribution in [1.82, 2.24) is 5.32 Å². The second-order valence-corrected chi connectivity index (χ2v) is 7.11. The summed E-state index contributed by atoms with van der Waals surface area (Å²) in [5.74, 6) is -0.381. The van der Waals surface area contributed by atoms with E-state index in [1.807, 2.05) is 44.2 Å². The predicted octanol–water partition coefficient (Wildman–Crippen LogP) is 4.07. The van der Waals surface area contributed by atoms with Gasteiger partial charge in [0.25, 0.3) is 0 Å². The molecule has 3 rings (SSSR count). The molecule has 1 heterocycles. The molecule has 0 aliphatic carbocycles. The van der Waals surface area contributed by atoms with Crippen LogP contribution in [0.15, 0.2) is 42.5 Å². The van der Waals surface area contributed by atoms with Gasteiger partial charge < -0.3 is 16.0 Å².